The number of benzene rings is 1. The molecule has 2 atom stereocenters. The van der Waals surface area contributed by atoms with Gasteiger partial charge in [0.05, 0.1) is 37.0 Å². The van der Waals surface area contributed by atoms with Crippen molar-refractivity contribution < 1.29 is 31.8 Å². The maximum atomic E-state index is 13.4. The van der Waals surface area contributed by atoms with Crippen LogP contribution in [0, 0.1) is 5.13 Å². The van der Waals surface area contributed by atoms with E-state index in [0.717, 1.165) is 6.20 Å². The lowest BCUT2D eigenvalue weighted by atomic mass is 9.80. The highest BCUT2D eigenvalue weighted by atomic mass is 32.2. The van der Waals surface area contributed by atoms with Gasteiger partial charge in [-0.05, 0) is 24.6 Å². The number of thiazole rings is 1. The predicted octanol–water partition coefficient (Wildman–Crippen LogP) is 2.66. The summed E-state index contributed by atoms with van der Waals surface area (Å²) < 4.78 is 56.1. The molecule has 0 aliphatic rings. The third-order valence-corrected chi connectivity index (χ3v) is 7.71. The second kappa shape index (κ2) is 12.5. The van der Waals surface area contributed by atoms with Crippen LogP contribution in [0.2, 0.25) is 0 Å². The molecule has 12 heteroatoms. The van der Waals surface area contributed by atoms with Crippen LogP contribution in [0.25, 0.3) is 0 Å². The molecule has 2 rings (SSSR count). The monoisotopic (exact) mass is 515 g/mol. The van der Waals surface area contributed by atoms with Crippen molar-refractivity contribution in [3.05, 3.63) is 53.8 Å². The van der Waals surface area contributed by atoms with Crippen LogP contribution >= 0.6 is 11.3 Å². The van der Waals surface area contributed by atoms with Gasteiger partial charge in [0, 0.05) is 27.8 Å². The fourth-order valence-corrected chi connectivity index (χ4v) is 4.77. The summed E-state index contributed by atoms with van der Waals surface area (Å²) in [6.07, 6.45) is 2.09. The summed E-state index contributed by atoms with van der Waals surface area (Å²) in [4.78, 5) is 17.3. The van der Waals surface area contributed by atoms with Crippen molar-refractivity contribution >= 4 is 32.4 Å². The van der Waals surface area contributed by atoms with Crippen LogP contribution in [0.15, 0.2) is 48.0 Å². The number of ether oxygens (including phenoxy) is 3. The van der Waals surface area contributed by atoms with Crippen LogP contribution < -0.4 is 5.32 Å². The van der Waals surface area contributed by atoms with Crippen LogP contribution in [0.5, 0.6) is 0 Å². The number of nitrogens with zero attached hydrogens (tertiary/aromatic N) is 2. The normalized spacial score (nSPS) is 14.5. The topological polar surface area (TPSA) is 107 Å². The number of hydrogen-bond donors (Lipinski definition) is 1. The van der Waals surface area contributed by atoms with Gasteiger partial charge in [0.1, 0.15) is 5.41 Å². The smallest absolute Gasteiger partial charge is 0.243 e. The SMILES string of the molecule is C=CC(CO[C@H](C)COC)(C(=O)Nc1ncc(F)s1)c1ccc(S(=O)(=O)N(C)CCOC)cc1. The van der Waals surface area contributed by atoms with E-state index in [4.69, 9.17) is 14.2 Å². The molecule has 0 saturated heterocycles. The number of carbonyl (C=O) groups excluding carboxylic acids is 1. The standard InChI is InChI=1S/C22H30FN3O6S2/c1-6-22(15-32-16(2)14-31-5,20(27)25-21-24-13-19(23)33-21)17-7-9-18(10-8-17)34(28,29)26(3)11-12-30-4/h6-10,13,16H,1,11-12,14-15H2,2-5H3,(H,24,25,27)/t16-,22?/m1/s1. The Balaban J connectivity index is 2.40. The van der Waals surface area contributed by atoms with Gasteiger partial charge in [-0.3, -0.25) is 4.79 Å². The minimum atomic E-state index is -3.75. The van der Waals surface area contributed by atoms with E-state index in [9.17, 15) is 17.6 Å². The first-order chi connectivity index (χ1) is 16.1. The first-order valence-electron chi connectivity index (χ1n) is 10.3. The summed E-state index contributed by atoms with van der Waals surface area (Å²) in [6, 6.07) is 5.90. The maximum absolute atomic E-state index is 13.4. The summed E-state index contributed by atoms with van der Waals surface area (Å²) in [6.45, 7) is 6.25. The quantitative estimate of drug-likeness (QED) is 0.386. The van der Waals surface area contributed by atoms with E-state index in [1.165, 1.54) is 55.9 Å². The van der Waals surface area contributed by atoms with Crippen LogP contribution in [0.4, 0.5) is 9.52 Å². The first-order valence-corrected chi connectivity index (χ1v) is 12.6. The van der Waals surface area contributed by atoms with Crippen molar-refractivity contribution in [1.82, 2.24) is 9.29 Å². The number of nitrogens with one attached hydrogen (secondary N) is 1. The number of aromatic nitrogens is 1. The minimum Gasteiger partial charge on any atom is -0.383 e. The number of halogens is 1. The third-order valence-electron chi connectivity index (χ3n) is 5.14. The molecule has 1 heterocycles. The molecule has 1 unspecified atom stereocenters. The highest BCUT2D eigenvalue weighted by Gasteiger charge is 2.39. The zero-order valence-electron chi connectivity index (χ0n) is 19.6. The van der Waals surface area contributed by atoms with Crippen LogP contribution in [-0.2, 0) is 34.4 Å². The predicted molar refractivity (Wildman–Crippen MR) is 128 cm³/mol. The molecule has 0 fully saturated rings. The van der Waals surface area contributed by atoms with E-state index in [1.54, 1.807) is 6.92 Å². The molecule has 1 aromatic heterocycles. The Morgan fingerprint density at radius 3 is 2.53 bits per heavy atom. The van der Waals surface area contributed by atoms with Crippen molar-refractivity contribution in [2.45, 2.75) is 23.3 Å². The molecule has 1 aromatic carbocycles. The van der Waals surface area contributed by atoms with E-state index in [2.05, 4.69) is 16.9 Å². The molecule has 0 aliphatic heterocycles. The number of methoxy groups -OCH3 is 2. The Hall–Kier alpha value is -2.22. The number of likely N-dealkylation sites (N-methyl/N-ethyl adjacent to an activating group) is 1. The lowest BCUT2D eigenvalue weighted by Gasteiger charge is -2.30. The fraction of sp³-hybridized carbons (Fsp3) is 0.455. The average Bonchev–Trinajstić information content (AvgIpc) is 3.23. The third kappa shape index (κ3) is 6.68. The lowest BCUT2D eigenvalue weighted by Crippen LogP contribution is -2.44. The summed E-state index contributed by atoms with van der Waals surface area (Å²) in [5, 5.41) is 2.14. The Morgan fingerprint density at radius 2 is 2.00 bits per heavy atom. The van der Waals surface area contributed by atoms with Gasteiger partial charge in [-0.25, -0.2) is 13.4 Å². The summed E-state index contributed by atoms with van der Waals surface area (Å²) >= 11 is 0.686. The van der Waals surface area contributed by atoms with Crippen LogP contribution in [0.1, 0.15) is 12.5 Å². The van der Waals surface area contributed by atoms with Crippen LogP contribution in [0.3, 0.4) is 0 Å². The molecule has 2 aromatic rings. The van der Waals surface area contributed by atoms with E-state index in [0.29, 0.717) is 23.5 Å². The van der Waals surface area contributed by atoms with Gasteiger partial charge in [-0.1, -0.05) is 29.5 Å². The lowest BCUT2D eigenvalue weighted by molar-refractivity contribution is -0.123. The largest absolute Gasteiger partial charge is 0.383 e. The molecule has 34 heavy (non-hydrogen) atoms. The van der Waals surface area contributed by atoms with Crippen molar-refractivity contribution in [3.63, 3.8) is 0 Å². The highest BCUT2D eigenvalue weighted by molar-refractivity contribution is 7.89. The molecular weight excluding hydrogens is 485 g/mol. The molecular formula is C22H30FN3O6S2. The first kappa shape index (κ1) is 28.0. The van der Waals surface area contributed by atoms with E-state index < -0.39 is 26.5 Å². The van der Waals surface area contributed by atoms with Gasteiger partial charge in [0.15, 0.2) is 10.3 Å². The number of hydrogen-bond acceptors (Lipinski definition) is 8. The molecule has 1 N–H and O–H groups in total. The second-order valence-corrected chi connectivity index (χ2v) is 10.5. The molecule has 188 valence electrons. The van der Waals surface area contributed by atoms with Gasteiger partial charge < -0.3 is 19.5 Å². The van der Waals surface area contributed by atoms with Crippen molar-refractivity contribution in [3.8, 4) is 0 Å². The average molecular weight is 516 g/mol. The molecule has 0 bridgehead atoms. The molecule has 0 aliphatic carbocycles. The van der Waals surface area contributed by atoms with Crippen molar-refractivity contribution in [2.75, 3.05) is 52.9 Å². The molecule has 0 radical (unpaired) electrons. The van der Waals surface area contributed by atoms with E-state index >= 15 is 0 Å². The molecule has 0 spiro atoms. The Kier molecular flexibility index (Phi) is 10.3. The Bertz CT molecular complexity index is 1060. The minimum absolute atomic E-state index is 0.0592. The molecule has 1 amide bonds. The number of amides is 1. The van der Waals surface area contributed by atoms with Crippen LogP contribution in [-0.4, -0.2) is 77.4 Å². The van der Waals surface area contributed by atoms with Gasteiger partial charge in [-0.15, -0.1) is 6.58 Å². The van der Waals surface area contributed by atoms with Gasteiger partial charge in [0.2, 0.25) is 15.9 Å². The number of carbonyl (C=O) groups is 1. The Labute approximate surface area is 203 Å². The van der Waals surface area contributed by atoms with Gasteiger partial charge in [-0.2, -0.15) is 8.70 Å². The zero-order chi connectivity index (χ0) is 25.4. The van der Waals surface area contributed by atoms with E-state index in [1.807, 2.05) is 0 Å². The fourth-order valence-electron chi connectivity index (χ4n) is 3.07. The number of anilines is 1. The molecule has 0 saturated carbocycles. The molecule has 9 nitrogen and oxygen atoms in total. The second-order valence-electron chi connectivity index (χ2n) is 7.52. The van der Waals surface area contributed by atoms with Crippen molar-refractivity contribution in [1.29, 1.82) is 0 Å². The van der Waals surface area contributed by atoms with E-state index in [-0.39, 0.29) is 35.9 Å². The summed E-state index contributed by atoms with van der Waals surface area (Å²) in [5.41, 5.74) is -0.964. The summed E-state index contributed by atoms with van der Waals surface area (Å²) in [5.74, 6) is -0.547. The maximum Gasteiger partial charge on any atom is 0.243 e. The van der Waals surface area contributed by atoms with Gasteiger partial charge >= 0.3 is 0 Å². The highest BCUT2D eigenvalue weighted by Crippen LogP contribution is 2.31. The number of sulfonamides is 1. The van der Waals surface area contributed by atoms with Gasteiger partial charge in [0.25, 0.3) is 0 Å². The number of rotatable bonds is 14. The summed E-state index contributed by atoms with van der Waals surface area (Å²) in [7, 11) is 0.736. The Morgan fingerprint density at radius 1 is 1.32 bits per heavy atom. The van der Waals surface area contributed by atoms with Crippen molar-refractivity contribution in [2.24, 2.45) is 0 Å². The zero-order valence-corrected chi connectivity index (χ0v) is 21.2.